The Labute approximate surface area is 285 Å². The van der Waals surface area contributed by atoms with E-state index >= 15 is 0 Å². The van der Waals surface area contributed by atoms with Crippen LogP contribution in [0.5, 0.6) is 0 Å². The number of ketones is 1. The van der Waals surface area contributed by atoms with Crippen LogP contribution in [0.15, 0.2) is 0 Å². The third kappa shape index (κ3) is 66.7. The number of rotatable bonds is 5. The molecule has 45 heavy (non-hydrogen) atoms. The molecule has 2 fully saturated rings. The summed E-state index contributed by atoms with van der Waals surface area (Å²) in [6, 6.07) is 0. The Kier molecular flexibility index (Phi) is 49.3. The lowest BCUT2D eigenvalue weighted by molar-refractivity contribution is -0.152. The van der Waals surface area contributed by atoms with E-state index in [0.29, 0.717) is 30.5 Å². The van der Waals surface area contributed by atoms with E-state index < -0.39 is 27.8 Å². The first kappa shape index (κ1) is 66.7. The number of hydrogen-bond acceptors (Lipinski definition) is 4. The van der Waals surface area contributed by atoms with E-state index in [1.165, 1.54) is 19.3 Å². The maximum atomic E-state index is 11.6. The maximum absolute atomic E-state index is 11.6. The molecule has 286 valence electrons. The van der Waals surface area contributed by atoms with E-state index in [1.54, 1.807) is 27.7 Å². The molecule has 0 aromatic carbocycles. The van der Waals surface area contributed by atoms with Gasteiger partial charge in [-0.05, 0) is 41.9 Å². The Bertz CT molecular complexity index is 676. The van der Waals surface area contributed by atoms with Crippen molar-refractivity contribution in [2.75, 3.05) is 31.1 Å². The van der Waals surface area contributed by atoms with Crippen LogP contribution in [0.25, 0.3) is 0 Å². The first-order valence-corrected chi connectivity index (χ1v) is 17.2. The van der Waals surface area contributed by atoms with Crippen molar-refractivity contribution < 1.29 is 26.4 Å². The molecule has 0 bridgehead atoms. The maximum Gasteiger partial charge on any atom is 0.389 e. The highest BCUT2D eigenvalue weighted by molar-refractivity contribution is 7.91. The molecule has 0 N–H and O–H groups in total. The van der Waals surface area contributed by atoms with Crippen molar-refractivity contribution in [2.24, 2.45) is 28.6 Å². The number of carbonyl (C=O) groups excluding carboxylic acids is 1. The monoisotopic (exact) mass is 684 g/mol. The molecule has 4 nitrogen and oxygen atoms in total. The van der Waals surface area contributed by atoms with Gasteiger partial charge >= 0.3 is 6.18 Å². The van der Waals surface area contributed by atoms with E-state index in [0.717, 1.165) is 24.8 Å². The molecule has 0 amide bonds. The lowest BCUT2D eigenvalue weighted by Gasteiger charge is -2.32. The van der Waals surface area contributed by atoms with Crippen LogP contribution in [-0.4, -0.2) is 56.4 Å². The Morgan fingerprint density at radius 2 is 1.09 bits per heavy atom. The number of hydrogen-bond donors (Lipinski definition) is 0. The molecule has 2 rings (SSSR count). The van der Waals surface area contributed by atoms with E-state index in [-0.39, 0.29) is 48.3 Å². The topological polar surface area (TPSA) is 54.5 Å². The van der Waals surface area contributed by atoms with Crippen LogP contribution in [0.3, 0.4) is 0 Å². The molecular formula is C37H88F3NO3S. The standard InChI is InChI=1S/C9H19NO2S.C7H14.C6H11F3.C6H12O.2C2H6.5CH4/c1-9(2,3)8-10-4-6-13(11,12)7-5-10;1-6(2)5-7-3-4-7;1-5(2,3)4-6(7,8)9;1-5(2)4-6(3)7;2*1-2;;;;;/h4-8H2,1-3H3;6-7H,3-5H2,1-2H3;4H2,1-3H3;5H,4H2,1-3H3;2*1-2H3;5*1H4. The molecule has 2 aliphatic rings. The fourth-order valence-corrected chi connectivity index (χ4v) is 5.05. The third-order valence-corrected chi connectivity index (χ3v) is 6.67. The molecular weight excluding hydrogens is 595 g/mol. The molecule has 1 heterocycles. The molecule has 1 saturated carbocycles. The van der Waals surface area contributed by atoms with Crippen LogP contribution in [0.2, 0.25) is 0 Å². The smallest absolute Gasteiger partial charge is 0.301 e. The minimum atomic E-state index is -4.02. The van der Waals surface area contributed by atoms with Crippen LogP contribution in [0, 0.1) is 28.6 Å². The lowest BCUT2D eigenvalue weighted by atomic mass is 9.92. The van der Waals surface area contributed by atoms with Gasteiger partial charge in [-0.1, -0.05) is 147 Å². The lowest BCUT2D eigenvalue weighted by Crippen LogP contribution is -2.43. The van der Waals surface area contributed by atoms with Crippen LogP contribution in [-0.2, 0) is 14.6 Å². The van der Waals surface area contributed by atoms with Gasteiger partial charge in [0.05, 0.1) is 11.5 Å². The Morgan fingerprint density at radius 3 is 1.22 bits per heavy atom. The Balaban J connectivity index is -0.0000000523. The molecule has 1 saturated heterocycles. The zero-order valence-electron chi connectivity index (χ0n) is 29.0. The summed E-state index contributed by atoms with van der Waals surface area (Å²) >= 11 is 0. The van der Waals surface area contributed by atoms with Gasteiger partial charge in [-0.2, -0.15) is 13.2 Å². The van der Waals surface area contributed by atoms with E-state index in [2.05, 4.69) is 39.5 Å². The largest absolute Gasteiger partial charge is 0.389 e. The number of Topliss-reactive ketones (excluding diaryl/α,β-unsaturated/α-hetero) is 1. The highest BCUT2D eigenvalue weighted by Crippen LogP contribution is 2.34. The third-order valence-electron chi connectivity index (χ3n) is 5.06. The van der Waals surface area contributed by atoms with E-state index in [9.17, 15) is 26.4 Å². The van der Waals surface area contributed by atoms with Crippen molar-refractivity contribution in [3.63, 3.8) is 0 Å². The normalized spacial score (nSPS) is 14.9. The van der Waals surface area contributed by atoms with Crippen LogP contribution >= 0.6 is 0 Å². The predicted molar refractivity (Wildman–Crippen MR) is 203 cm³/mol. The summed E-state index contributed by atoms with van der Waals surface area (Å²) in [6.45, 7) is 32.0. The summed E-state index contributed by atoms with van der Waals surface area (Å²) in [5.74, 6) is 3.55. The molecule has 8 heteroatoms. The molecule has 0 atom stereocenters. The zero-order chi connectivity index (χ0) is 33.0. The summed E-state index contributed by atoms with van der Waals surface area (Å²) in [7, 11) is -2.71. The highest BCUT2D eigenvalue weighted by atomic mass is 32.2. The first-order chi connectivity index (χ1) is 17.9. The van der Waals surface area contributed by atoms with E-state index in [1.807, 2.05) is 41.5 Å². The summed E-state index contributed by atoms with van der Waals surface area (Å²) in [5, 5.41) is 0. The minimum Gasteiger partial charge on any atom is -0.301 e. The quantitative estimate of drug-likeness (QED) is 0.289. The molecule has 1 aliphatic heterocycles. The molecule has 0 unspecified atom stereocenters. The number of nitrogens with zero attached hydrogens (tertiary/aromatic N) is 1. The van der Waals surface area contributed by atoms with Crippen LogP contribution < -0.4 is 0 Å². The second kappa shape index (κ2) is 33.3. The number of alkyl halides is 3. The average molecular weight is 684 g/mol. The highest BCUT2D eigenvalue weighted by Gasteiger charge is 2.33. The average Bonchev–Trinajstić information content (AvgIpc) is 3.53. The van der Waals surface area contributed by atoms with Gasteiger partial charge in [-0.3, -0.25) is 0 Å². The fourth-order valence-electron chi connectivity index (χ4n) is 3.78. The van der Waals surface area contributed by atoms with Gasteiger partial charge in [0, 0.05) is 32.5 Å². The zero-order valence-corrected chi connectivity index (χ0v) is 29.8. The summed E-state index contributed by atoms with van der Waals surface area (Å²) in [4.78, 5) is 12.5. The number of sulfone groups is 1. The SMILES string of the molecule is C.C.C.C.C.CC.CC.CC(=O)CC(C)C.CC(C)(C)CC(F)(F)F.CC(C)(C)CN1CCS(=O)(=O)CC1.CC(C)CC1CC1. The number of halogens is 3. The van der Waals surface area contributed by atoms with Crippen molar-refractivity contribution in [3.05, 3.63) is 0 Å². The van der Waals surface area contributed by atoms with Crippen molar-refractivity contribution in [1.29, 1.82) is 0 Å². The van der Waals surface area contributed by atoms with Crippen molar-refractivity contribution in [2.45, 2.75) is 179 Å². The van der Waals surface area contributed by atoms with Crippen LogP contribution in [0.1, 0.15) is 173 Å². The van der Waals surface area contributed by atoms with Gasteiger partial charge in [0.1, 0.15) is 5.78 Å². The summed E-state index contributed by atoms with van der Waals surface area (Å²) in [5.41, 5.74) is -0.376. The van der Waals surface area contributed by atoms with Crippen molar-refractivity contribution >= 4 is 15.6 Å². The number of carbonyl (C=O) groups is 1. The molecule has 0 aromatic rings. The second-order valence-corrected chi connectivity index (χ2v) is 16.0. The summed E-state index contributed by atoms with van der Waals surface area (Å²) in [6.07, 6.45) is 0.495. The molecule has 0 radical (unpaired) electrons. The van der Waals surface area contributed by atoms with Gasteiger partial charge in [-0.15, -0.1) is 0 Å². The minimum absolute atomic E-state index is 0. The van der Waals surface area contributed by atoms with Crippen LogP contribution in [0.4, 0.5) is 13.2 Å². The van der Waals surface area contributed by atoms with Crippen molar-refractivity contribution in [3.8, 4) is 0 Å². The molecule has 0 spiro atoms. The fraction of sp³-hybridized carbons (Fsp3) is 0.973. The van der Waals surface area contributed by atoms with E-state index in [4.69, 9.17) is 0 Å². The van der Waals surface area contributed by atoms with Crippen molar-refractivity contribution in [1.82, 2.24) is 4.90 Å². The Hall–Kier alpha value is -0.630. The van der Waals surface area contributed by atoms with Gasteiger partial charge in [0.2, 0.25) is 0 Å². The first-order valence-electron chi connectivity index (χ1n) is 15.4. The molecule has 0 aromatic heterocycles. The summed E-state index contributed by atoms with van der Waals surface area (Å²) < 4.78 is 56.9. The predicted octanol–water partition coefficient (Wildman–Crippen LogP) is 13.0. The van der Waals surface area contributed by atoms with Gasteiger partial charge < -0.3 is 9.69 Å². The second-order valence-electron chi connectivity index (χ2n) is 13.7. The van der Waals surface area contributed by atoms with Gasteiger partial charge in [-0.25, -0.2) is 8.42 Å². The Morgan fingerprint density at radius 1 is 0.733 bits per heavy atom. The molecule has 1 aliphatic carbocycles. The van der Waals surface area contributed by atoms with Gasteiger partial charge in [0.25, 0.3) is 0 Å². The van der Waals surface area contributed by atoms with Gasteiger partial charge in [0.15, 0.2) is 9.84 Å².